The van der Waals surface area contributed by atoms with Crippen molar-refractivity contribution in [2.24, 2.45) is 0 Å². The van der Waals surface area contributed by atoms with E-state index in [9.17, 15) is 4.79 Å². The Morgan fingerprint density at radius 1 is 1.37 bits per heavy atom. The van der Waals surface area contributed by atoms with Crippen molar-refractivity contribution in [3.8, 4) is 5.75 Å². The first-order valence-corrected chi connectivity index (χ1v) is 6.10. The Morgan fingerprint density at radius 3 is 2.89 bits per heavy atom. The first-order valence-electron chi connectivity index (χ1n) is 5.72. The van der Waals surface area contributed by atoms with E-state index in [4.69, 9.17) is 16.3 Å². The second kappa shape index (κ2) is 6.20. The molecule has 0 fully saturated rings. The number of carbonyl (C=O) groups excluding carboxylic acids is 1. The first kappa shape index (κ1) is 13.4. The van der Waals surface area contributed by atoms with Crippen molar-refractivity contribution in [3.63, 3.8) is 0 Å². The number of anilines is 1. The molecular weight excluding hydrogens is 264 g/mol. The molecule has 0 unspecified atom stereocenters. The lowest BCUT2D eigenvalue weighted by Crippen LogP contribution is -2.15. The Balaban J connectivity index is 2.05. The van der Waals surface area contributed by atoms with Crippen molar-refractivity contribution in [3.05, 3.63) is 53.2 Å². The van der Waals surface area contributed by atoms with Crippen molar-refractivity contribution >= 4 is 23.3 Å². The van der Waals surface area contributed by atoms with E-state index in [1.54, 1.807) is 25.4 Å². The minimum absolute atomic E-state index is 0.167. The van der Waals surface area contributed by atoms with E-state index in [1.807, 2.05) is 24.3 Å². The van der Waals surface area contributed by atoms with E-state index in [0.29, 0.717) is 16.6 Å². The van der Waals surface area contributed by atoms with Gasteiger partial charge >= 0.3 is 0 Å². The van der Waals surface area contributed by atoms with Gasteiger partial charge < -0.3 is 10.1 Å². The van der Waals surface area contributed by atoms with Gasteiger partial charge in [0.2, 0.25) is 5.91 Å². The third-order valence-electron chi connectivity index (χ3n) is 2.53. The van der Waals surface area contributed by atoms with Crippen molar-refractivity contribution in [1.29, 1.82) is 0 Å². The smallest absolute Gasteiger partial charge is 0.230 e. The summed E-state index contributed by atoms with van der Waals surface area (Å²) < 4.78 is 5.20. The molecule has 4 nitrogen and oxygen atoms in total. The second-order valence-corrected chi connectivity index (χ2v) is 4.33. The summed E-state index contributed by atoms with van der Waals surface area (Å²) in [6.45, 7) is 0. The first-order chi connectivity index (χ1) is 9.19. The van der Waals surface area contributed by atoms with Crippen molar-refractivity contribution < 1.29 is 9.53 Å². The number of rotatable bonds is 4. The third-order valence-corrected chi connectivity index (χ3v) is 2.77. The highest BCUT2D eigenvalue weighted by Gasteiger charge is 2.09. The van der Waals surface area contributed by atoms with Gasteiger partial charge in [-0.1, -0.05) is 29.8 Å². The quantitative estimate of drug-likeness (QED) is 0.934. The highest BCUT2D eigenvalue weighted by molar-refractivity contribution is 6.30. The molecule has 5 heteroatoms. The molecule has 1 N–H and O–H groups in total. The van der Waals surface area contributed by atoms with Crippen LogP contribution in [0.4, 0.5) is 5.82 Å². The zero-order chi connectivity index (χ0) is 13.7. The summed E-state index contributed by atoms with van der Waals surface area (Å²) in [5.41, 5.74) is 0.824. The van der Waals surface area contributed by atoms with Gasteiger partial charge in [-0.3, -0.25) is 4.79 Å². The maximum absolute atomic E-state index is 11.9. The van der Waals surface area contributed by atoms with E-state index in [1.165, 1.54) is 0 Å². The number of benzene rings is 1. The molecular formula is C14H13ClN2O2. The summed E-state index contributed by atoms with van der Waals surface area (Å²) in [5.74, 6) is 0.961. The van der Waals surface area contributed by atoms with E-state index in [0.717, 1.165) is 5.56 Å². The molecule has 0 aliphatic carbocycles. The fraction of sp³-hybridized carbons (Fsp3) is 0.143. The highest BCUT2D eigenvalue weighted by atomic mass is 35.5. The summed E-state index contributed by atoms with van der Waals surface area (Å²) in [6.07, 6.45) is 1.76. The van der Waals surface area contributed by atoms with E-state index >= 15 is 0 Å². The van der Waals surface area contributed by atoms with Gasteiger partial charge in [0.25, 0.3) is 0 Å². The number of hydrogen-bond donors (Lipinski definition) is 1. The largest absolute Gasteiger partial charge is 0.496 e. The lowest BCUT2D eigenvalue weighted by molar-refractivity contribution is -0.115. The molecule has 2 rings (SSSR count). The number of nitrogens with one attached hydrogen (secondary N) is 1. The number of halogens is 1. The predicted octanol–water partition coefficient (Wildman–Crippen LogP) is 2.92. The van der Waals surface area contributed by atoms with Crippen LogP contribution in [0.2, 0.25) is 5.02 Å². The molecule has 0 atom stereocenters. The molecule has 0 spiro atoms. The van der Waals surface area contributed by atoms with Crippen LogP contribution in [0.15, 0.2) is 42.6 Å². The fourth-order valence-electron chi connectivity index (χ4n) is 1.68. The molecule has 0 saturated carbocycles. The van der Waals surface area contributed by atoms with Gasteiger partial charge in [-0.2, -0.15) is 0 Å². The number of para-hydroxylation sites is 1. The molecule has 2 aromatic rings. The van der Waals surface area contributed by atoms with Crippen LogP contribution in [0.25, 0.3) is 0 Å². The van der Waals surface area contributed by atoms with Gasteiger partial charge in [-0.05, 0) is 18.2 Å². The van der Waals surface area contributed by atoms with Crippen molar-refractivity contribution in [1.82, 2.24) is 4.98 Å². The fourth-order valence-corrected chi connectivity index (χ4v) is 1.84. The Labute approximate surface area is 116 Å². The Kier molecular flexibility index (Phi) is 4.36. The summed E-state index contributed by atoms with van der Waals surface area (Å²) in [5, 5.41) is 3.22. The molecule has 98 valence electrons. The second-order valence-electron chi connectivity index (χ2n) is 3.90. The summed E-state index contributed by atoms with van der Waals surface area (Å²) in [7, 11) is 1.58. The number of nitrogens with zero attached hydrogens (tertiary/aromatic N) is 1. The number of aromatic nitrogens is 1. The van der Waals surface area contributed by atoms with Crippen LogP contribution in [-0.2, 0) is 11.2 Å². The van der Waals surface area contributed by atoms with Gasteiger partial charge in [0.15, 0.2) is 0 Å². The van der Waals surface area contributed by atoms with Crippen LogP contribution in [0, 0.1) is 0 Å². The molecule has 0 aliphatic rings. The van der Waals surface area contributed by atoms with Crippen LogP contribution in [0.3, 0.4) is 0 Å². The Bertz CT molecular complexity index is 587. The normalized spacial score (nSPS) is 10.0. The molecule has 1 heterocycles. The van der Waals surface area contributed by atoms with Crippen molar-refractivity contribution in [2.75, 3.05) is 12.4 Å². The Morgan fingerprint density at radius 2 is 2.16 bits per heavy atom. The summed E-state index contributed by atoms with van der Waals surface area (Å²) in [4.78, 5) is 15.9. The number of hydrogen-bond acceptors (Lipinski definition) is 3. The maximum atomic E-state index is 11.9. The monoisotopic (exact) mass is 276 g/mol. The lowest BCUT2D eigenvalue weighted by atomic mass is 10.1. The average Bonchev–Trinajstić information content (AvgIpc) is 2.39. The van der Waals surface area contributed by atoms with Crippen LogP contribution in [-0.4, -0.2) is 18.0 Å². The SMILES string of the molecule is COc1ccccc1CC(=O)Nc1cc(Cl)ccn1. The number of amides is 1. The lowest BCUT2D eigenvalue weighted by Gasteiger charge is -2.08. The maximum Gasteiger partial charge on any atom is 0.230 e. The summed E-state index contributed by atoms with van der Waals surface area (Å²) in [6, 6.07) is 10.6. The third kappa shape index (κ3) is 3.69. The predicted molar refractivity (Wildman–Crippen MR) is 74.6 cm³/mol. The molecule has 0 bridgehead atoms. The van der Waals surface area contributed by atoms with Gasteiger partial charge in [0.1, 0.15) is 11.6 Å². The molecule has 0 saturated heterocycles. The molecule has 0 aliphatic heterocycles. The van der Waals surface area contributed by atoms with Crippen LogP contribution >= 0.6 is 11.6 Å². The standard InChI is InChI=1S/C14H13ClN2O2/c1-19-12-5-3-2-4-10(12)8-14(18)17-13-9-11(15)6-7-16-13/h2-7,9H,8H2,1H3,(H,16,17,18). The molecule has 1 amide bonds. The van der Waals surface area contributed by atoms with Gasteiger partial charge in [0.05, 0.1) is 13.5 Å². The summed E-state index contributed by atoms with van der Waals surface area (Å²) >= 11 is 5.82. The van der Waals surface area contributed by atoms with E-state index < -0.39 is 0 Å². The minimum atomic E-state index is -0.167. The van der Waals surface area contributed by atoms with E-state index in [2.05, 4.69) is 10.3 Å². The number of carbonyl (C=O) groups is 1. The topological polar surface area (TPSA) is 51.2 Å². The van der Waals surface area contributed by atoms with Gasteiger partial charge in [-0.25, -0.2) is 4.98 Å². The molecule has 0 radical (unpaired) electrons. The van der Waals surface area contributed by atoms with Crippen LogP contribution in [0.1, 0.15) is 5.56 Å². The zero-order valence-electron chi connectivity index (χ0n) is 10.4. The number of methoxy groups -OCH3 is 1. The van der Waals surface area contributed by atoms with E-state index in [-0.39, 0.29) is 12.3 Å². The highest BCUT2D eigenvalue weighted by Crippen LogP contribution is 2.18. The Hall–Kier alpha value is -2.07. The zero-order valence-corrected chi connectivity index (χ0v) is 11.1. The van der Waals surface area contributed by atoms with Crippen LogP contribution < -0.4 is 10.1 Å². The number of ether oxygens (including phenoxy) is 1. The van der Waals surface area contributed by atoms with Gasteiger partial charge in [0, 0.05) is 16.8 Å². The average molecular weight is 277 g/mol. The molecule has 19 heavy (non-hydrogen) atoms. The van der Waals surface area contributed by atoms with Gasteiger partial charge in [-0.15, -0.1) is 0 Å². The minimum Gasteiger partial charge on any atom is -0.496 e. The molecule has 1 aromatic carbocycles. The molecule has 1 aromatic heterocycles. The number of pyridine rings is 1. The van der Waals surface area contributed by atoms with Crippen LogP contribution in [0.5, 0.6) is 5.75 Å². The van der Waals surface area contributed by atoms with Crippen molar-refractivity contribution in [2.45, 2.75) is 6.42 Å².